The molecule has 36 heteroatoms. The summed E-state index contributed by atoms with van der Waals surface area (Å²) in [4.78, 5) is 38.7. The molecule has 6 aliphatic rings. The van der Waals surface area contributed by atoms with E-state index in [2.05, 4.69) is 41.9 Å². The van der Waals surface area contributed by atoms with Crippen LogP contribution in [-0.4, -0.2) is 352 Å². The van der Waals surface area contributed by atoms with Crippen molar-refractivity contribution in [3.63, 3.8) is 0 Å². The van der Waals surface area contributed by atoms with Gasteiger partial charge in [-0.25, -0.2) is 0 Å². The molecular weight excluding hydrogens is 1580 g/mol. The third-order valence-electron chi connectivity index (χ3n) is 23.4. The van der Waals surface area contributed by atoms with Crippen LogP contribution in [-0.2, 0) is 71.2 Å². The standard InChI is InChI=1S/C84H151N3O33/c1-5-7-9-11-13-15-17-19-20-21-22-23-24-25-26-27-28-30-32-34-36-38-40-42-60(96)87-52(53(95)41-39-37-35-33-31-29-18-16-14-12-10-8-6-2)48-109-81-72(106)69(103)77(57(46-91)114-81)119-84-74(108)78(120-82-71(105)68(102)64(98)55(44-89)112-82)65(99)59(116-84)49-110-79-62(86-51(4)94)67(101)75(56(45-90)113-79)118-83-73(107)70(104)76(58(47-92)115-83)117-80-61(85-50(3)93)66(100)63(97)54(43-88)111-80/h19-20,39,41,52-59,61-84,88-92,95,97-108H,5-18,21-38,40,42-49H2,1-4H3,(H,85,93)(H,86,94)(H,87,96)/b20-19-,41-39+/t52-,53+,54?,55?,56?,57?,58?,59?,61?,62?,63-,64-,65-,66+,67+,68-,69+,70+,71?,72?,73?,74?,75+,76-,77+,78-,79+,80-,81+,82+,83-,84-/m0/s1. The summed E-state index contributed by atoms with van der Waals surface area (Å²) in [7, 11) is 0. The summed E-state index contributed by atoms with van der Waals surface area (Å²) in [5.41, 5.74) is 0. The SMILES string of the molecule is CCCCCCCC/C=C\CCCCCCCCCCCCCCCC(=O)N[C@@H](CO[C@@H]1OC(CO)[C@@H](O[C@@H]2OC(CO[C@@H]3OC(CO)[C@@H](O[C@@H]4OC(CO)[C@H](O[C@@H]5OC(CO)[C@H](O)[C@H](O)C5NC(C)=O)[C@H](O)C4O)[C@H](O)C3NC(C)=O)[C@H](O)[C@H](O[C@H]3OC(CO)[C@H](O)[C@H](O)C3O)C2O)[C@H](O)C1O)[C@H](O)/C=C/CCCCCCCCCCCCC. The lowest BCUT2D eigenvalue weighted by Crippen LogP contribution is -2.69. The minimum Gasteiger partial charge on any atom is -0.394 e. The molecule has 21 N–H and O–H groups in total. The largest absolute Gasteiger partial charge is 0.394 e. The summed E-state index contributed by atoms with van der Waals surface area (Å²) in [6.45, 7) is 0.331. The molecule has 0 aromatic rings. The number of aliphatic hydroxyl groups is 18. The number of carbonyl (C=O) groups is 3. The minimum absolute atomic E-state index is 0.155. The zero-order chi connectivity index (χ0) is 87.6. The molecule has 0 aliphatic carbocycles. The smallest absolute Gasteiger partial charge is 0.220 e. The predicted molar refractivity (Wildman–Crippen MR) is 431 cm³/mol. The van der Waals surface area contributed by atoms with Gasteiger partial charge >= 0.3 is 0 Å². The molecule has 12 unspecified atom stereocenters. The molecule has 700 valence electrons. The summed E-state index contributed by atoms with van der Waals surface area (Å²) < 4.78 is 71.1. The maximum atomic E-state index is 13.7. The van der Waals surface area contributed by atoms with Crippen molar-refractivity contribution in [3.05, 3.63) is 24.3 Å². The molecule has 6 rings (SSSR count). The van der Waals surface area contributed by atoms with Crippen LogP contribution >= 0.6 is 0 Å². The first-order chi connectivity index (χ1) is 57.8. The fraction of sp³-hybridized carbons (Fsp3) is 0.917. The maximum Gasteiger partial charge on any atom is 0.220 e. The van der Waals surface area contributed by atoms with Crippen LogP contribution in [0, 0.1) is 0 Å². The van der Waals surface area contributed by atoms with Crippen molar-refractivity contribution < 1.29 is 163 Å². The molecule has 0 aromatic heterocycles. The molecule has 3 amide bonds. The number of amides is 3. The first-order valence-corrected chi connectivity index (χ1v) is 44.6. The van der Waals surface area contributed by atoms with Crippen LogP contribution in [0.15, 0.2) is 24.3 Å². The topological polar surface area (TPSA) is 562 Å². The third-order valence-corrected chi connectivity index (χ3v) is 23.4. The average molecular weight is 1730 g/mol. The summed E-state index contributed by atoms with van der Waals surface area (Å²) in [6, 6.07) is -4.39. The fourth-order valence-corrected chi connectivity index (χ4v) is 16.1. The van der Waals surface area contributed by atoms with Crippen molar-refractivity contribution in [3.8, 4) is 0 Å². The van der Waals surface area contributed by atoms with E-state index in [0.29, 0.717) is 12.8 Å². The van der Waals surface area contributed by atoms with Crippen LogP contribution in [0.2, 0.25) is 0 Å². The minimum atomic E-state index is -2.25. The van der Waals surface area contributed by atoms with Crippen molar-refractivity contribution >= 4 is 17.7 Å². The van der Waals surface area contributed by atoms with Gasteiger partial charge in [0, 0.05) is 20.3 Å². The monoisotopic (exact) mass is 1730 g/mol. The molecule has 0 radical (unpaired) electrons. The highest BCUT2D eigenvalue weighted by atomic mass is 16.8. The van der Waals surface area contributed by atoms with Crippen LogP contribution in [0.4, 0.5) is 0 Å². The van der Waals surface area contributed by atoms with E-state index in [4.69, 9.17) is 56.8 Å². The number of hydrogen-bond acceptors (Lipinski definition) is 33. The lowest BCUT2D eigenvalue weighted by molar-refractivity contribution is -0.385. The molecule has 120 heavy (non-hydrogen) atoms. The zero-order valence-corrected chi connectivity index (χ0v) is 70.9. The molecule has 0 bridgehead atoms. The molecule has 36 nitrogen and oxygen atoms in total. The van der Waals surface area contributed by atoms with Crippen LogP contribution in [0.1, 0.15) is 246 Å². The van der Waals surface area contributed by atoms with Gasteiger partial charge < -0.3 is 165 Å². The van der Waals surface area contributed by atoms with E-state index in [1.54, 1.807) is 6.08 Å². The van der Waals surface area contributed by atoms with Crippen LogP contribution in [0.25, 0.3) is 0 Å². The highest BCUT2D eigenvalue weighted by molar-refractivity contribution is 5.76. The van der Waals surface area contributed by atoms with Gasteiger partial charge in [0.25, 0.3) is 0 Å². The van der Waals surface area contributed by atoms with E-state index in [9.17, 15) is 106 Å². The molecule has 6 heterocycles. The van der Waals surface area contributed by atoms with E-state index in [-0.39, 0.29) is 12.3 Å². The fourth-order valence-electron chi connectivity index (χ4n) is 16.1. The Morgan fingerprint density at radius 2 is 0.675 bits per heavy atom. The quantitative estimate of drug-likeness (QED) is 0.0291. The Kier molecular flexibility index (Phi) is 51.2. The second kappa shape index (κ2) is 58.2. The van der Waals surface area contributed by atoms with Gasteiger partial charge in [-0.2, -0.15) is 0 Å². The molecule has 0 aromatic carbocycles. The van der Waals surface area contributed by atoms with Gasteiger partial charge in [-0.3, -0.25) is 14.4 Å². The molecule has 0 spiro atoms. The Morgan fingerprint density at radius 1 is 0.333 bits per heavy atom. The maximum absolute atomic E-state index is 13.7. The van der Waals surface area contributed by atoms with Crippen molar-refractivity contribution in [2.45, 2.75) is 442 Å². The van der Waals surface area contributed by atoms with Gasteiger partial charge in [0.05, 0.1) is 58.4 Å². The van der Waals surface area contributed by atoms with Crippen LogP contribution in [0.3, 0.4) is 0 Å². The first kappa shape index (κ1) is 105. The second-order valence-corrected chi connectivity index (χ2v) is 33.2. The molecule has 32 atom stereocenters. The predicted octanol–water partition coefficient (Wildman–Crippen LogP) is 0.473. The number of nitrogens with one attached hydrogen (secondary N) is 3. The highest BCUT2D eigenvalue weighted by Gasteiger charge is 2.58. The van der Waals surface area contributed by atoms with Gasteiger partial charge in [0.1, 0.15) is 146 Å². The summed E-state index contributed by atoms with van der Waals surface area (Å²) in [5.74, 6) is -1.92. The Hall–Kier alpha value is -3.31. The lowest BCUT2D eigenvalue weighted by Gasteiger charge is -2.49. The Morgan fingerprint density at radius 3 is 1.13 bits per heavy atom. The van der Waals surface area contributed by atoms with Gasteiger partial charge in [-0.1, -0.05) is 205 Å². The van der Waals surface area contributed by atoms with Crippen molar-refractivity contribution in [1.29, 1.82) is 0 Å². The van der Waals surface area contributed by atoms with Crippen molar-refractivity contribution in [2.24, 2.45) is 0 Å². The van der Waals surface area contributed by atoms with Gasteiger partial charge in [0.2, 0.25) is 17.7 Å². The van der Waals surface area contributed by atoms with Crippen LogP contribution < -0.4 is 16.0 Å². The van der Waals surface area contributed by atoms with Crippen LogP contribution in [0.5, 0.6) is 0 Å². The molecule has 0 saturated carbocycles. The Bertz CT molecular complexity index is 2790. The number of unbranched alkanes of at least 4 members (excludes halogenated alkanes) is 30. The Labute approximate surface area is 706 Å². The number of hydrogen-bond donors (Lipinski definition) is 21. The van der Waals surface area contributed by atoms with E-state index in [0.717, 1.165) is 65.2 Å². The number of carbonyl (C=O) groups excluding carboxylic acids is 3. The van der Waals surface area contributed by atoms with E-state index in [1.807, 2.05) is 6.08 Å². The number of rotatable bonds is 59. The van der Waals surface area contributed by atoms with Gasteiger partial charge in [-0.05, 0) is 44.9 Å². The second-order valence-electron chi connectivity index (χ2n) is 33.2. The first-order valence-electron chi connectivity index (χ1n) is 44.6. The Balaban J connectivity index is 1.09. The molecule has 6 fully saturated rings. The lowest BCUT2D eigenvalue weighted by atomic mass is 9.94. The number of allylic oxidation sites excluding steroid dienone is 3. The van der Waals surface area contributed by atoms with Gasteiger partial charge in [-0.15, -0.1) is 0 Å². The molecular formula is C84H151N3O33. The van der Waals surface area contributed by atoms with Crippen molar-refractivity contribution in [2.75, 3.05) is 46.2 Å². The zero-order valence-electron chi connectivity index (χ0n) is 70.9. The average Bonchev–Trinajstić information content (AvgIpc) is 0.779. The van der Waals surface area contributed by atoms with Crippen molar-refractivity contribution in [1.82, 2.24) is 16.0 Å². The normalized spacial score (nSPS) is 35.6. The van der Waals surface area contributed by atoms with E-state index in [1.165, 1.54) is 148 Å². The van der Waals surface area contributed by atoms with Gasteiger partial charge in [0.15, 0.2) is 37.7 Å². The molecule has 6 saturated heterocycles. The summed E-state index contributed by atoms with van der Waals surface area (Å²) in [5, 5.41) is 208. The molecule has 6 aliphatic heterocycles. The number of ether oxygens (including phenoxy) is 12. The van der Waals surface area contributed by atoms with E-state index < -0.39 is 254 Å². The summed E-state index contributed by atoms with van der Waals surface area (Å²) in [6.07, 6.45) is -8.50. The summed E-state index contributed by atoms with van der Waals surface area (Å²) >= 11 is 0. The number of aliphatic hydroxyl groups excluding tert-OH is 18. The van der Waals surface area contributed by atoms with E-state index >= 15 is 0 Å². The third kappa shape index (κ3) is 34.0. The highest BCUT2D eigenvalue weighted by Crippen LogP contribution is 2.37.